The lowest BCUT2D eigenvalue weighted by molar-refractivity contribution is 0.0727. The first-order chi connectivity index (χ1) is 14.6. The van der Waals surface area contributed by atoms with E-state index in [-0.39, 0.29) is 11.5 Å². The predicted octanol–water partition coefficient (Wildman–Crippen LogP) is 3.62. The minimum absolute atomic E-state index is 0.0959. The molecule has 5 rings (SSSR count). The Balaban J connectivity index is 1.38. The van der Waals surface area contributed by atoms with Gasteiger partial charge in [0.15, 0.2) is 0 Å². The zero-order chi connectivity index (χ0) is 20.7. The molecule has 3 heterocycles. The molecule has 150 valence electrons. The molecule has 0 atom stereocenters. The first kappa shape index (κ1) is 18.6. The Morgan fingerprint density at radius 2 is 1.93 bits per heavy atom. The van der Waals surface area contributed by atoms with Gasteiger partial charge in [0.1, 0.15) is 5.69 Å². The van der Waals surface area contributed by atoms with E-state index in [2.05, 4.69) is 10.1 Å². The normalized spacial score (nSPS) is 13.4. The molecule has 0 bridgehead atoms. The van der Waals surface area contributed by atoms with Gasteiger partial charge in [0.05, 0.1) is 12.2 Å². The Morgan fingerprint density at radius 1 is 1.10 bits per heavy atom. The number of nitrogens with one attached hydrogen (secondary N) is 1. The lowest BCUT2D eigenvalue weighted by Gasteiger charge is -2.28. The van der Waals surface area contributed by atoms with E-state index in [0.29, 0.717) is 36.8 Å². The van der Waals surface area contributed by atoms with Crippen LogP contribution in [0.3, 0.4) is 0 Å². The number of aromatic nitrogens is 3. The first-order valence-corrected chi connectivity index (χ1v) is 10.2. The van der Waals surface area contributed by atoms with Gasteiger partial charge in [0.2, 0.25) is 0 Å². The average molecular weight is 419 g/mol. The lowest BCUT2D eigenvalue weighted by Crippen LogP contribution is -2.38. The van der Waals surface area contributed by atoms with Gasteiger partial charge in [0, 0.05) is 47.1 Å². The Labute approximate surface area is 177 Å². The Bertz CT molecular complexity index is 1310. The van der Waals surface area contributed by atoms with Crippen molar-refractivity contribution in [3.63, 3.8) is 0 Å². The molecule has 30 heavy (non-hydrogen) atoms. The number of nitrogens with zero attached hydrogens (tertiary/aromatic N) is 3. The monoisotopic (exact) mass is 418 g/mol. The fourth-order valence-electron chi connectivity index (χ4n) is 3.87. The van der Waals surface area contributed by atoms with Crippen LogP contribution in [0.2, 0.25) is 5.02 Å². The van der Waals surface area contributed by atoms with Gasteiger partial charge in [-0.05, 0) is 29.8 Å². The van der Waals surface area contributed by atoms with Crippen molar-refractivity contribution in [1.82, 2.24) is 19.7 Å². The highest BCUT2D eigenvalue weighted by Gasteiger charge is 2.25. The molecule has 7 heteroatoms. The molecule has 2 aromatic carbocycles. The highest BCUT2D eigenvalue weighted by molar-refractivity contribution is 6.31. The van der Waals surface area contributed by atoms with Gasteiger partial charge < -0.3 is 9.88 Å². The number of hydrogen-bond donors (Lipinski definition) is 1. The second kappa shape index (κ2) is 7.46. The average Bonchev–Trinajstić information content (AvgIpc) is 3.17. The Kier molecular flexibility index (Phi) is 4.64. The number of hydrogen-bond acceptors (Lipinski definition) is 3. The van der Waals surface area contributed by atoms with Crippen LogP contribution in [0.1, 0.15) is 27.3 Å². The molecule has 0 radical (unpaired) electrons. The molecule has 6 nitrogen and oxygen atoms in total. The molecule has 1 amide bonds. The fourth-order valence-corrected chi connectivity index (χ4v) is 4.05. The van der Waals surface area contributed by atoms with Crippen LogP contribution in [0, 0.1) is 0 Å². The summed E-state index contributed by atoms with van der Waals surface area (Å²) in [4.78, 5) is 30.5. The first-order valence-electron chi connectivity index (χ1n) is 9.78. The third-order valence-corrected chi connectivity index (χ3v) is 5.65. The van der Waals surface area contributed by atoms with Gasteiger partial charge in [-0.3, -0.25) is 9.59 Å². The minimum atomic E-state index is -0.160. The van der Waals surface area contributed by atoms with E-state index in [0.717, 1.165) is 27.7 Å². The Hall–Kier alpha value is -3.38. The van der Waals surface area contributed by atoms with E-state index in [4.69, 9.17) is 11.6 Å². The summed E-state index contributed by atoms with van der Waals surface area (Å²) in [6, 6.07) is 18.7. The quantitative estimate of drug-likeness (QED) is 0.552. The van der Waals surface area contributed by atoms with E-state index < -0.39 is 0 Å². The predicted molar refractivity (Wildman–Crippen MR) is 116 cm³/mol. The van der Waals surface area contributed by atoms with Crippen molar-refractivity contribution >= 4 is 28.4 Å². The standard InChI is InChI=1S/C23H19ClN4O2/c24-18-6-7-19-16(10-18)11-21(25-19)23(30)27-9-8-20-17(14-27)12-22(29)28(26-20)13-15-4-2-1-3-5-15/h1-7,10-12,25H,8-9,13-14H2. The summed E-state index contributed by atoms with van der Waals surface area (Å²) in [5.41, 5.74) is 3.93. The van der Waals surface area contributed by atoms with E-state index in [1.807, 2.05) is 48.5 Å². The summed E-state index contributed by atoms with van der Waals surface area (Å²) in [6.07, 6.45) is 0.613. The van der Waals surface area contributed by atoms with Crippen molar-refractivity contribution in [2.75, 3.05) is 6.54 Å². The van der Waals surface area contributed by atoms with E-state index in [9.17, 15) is 9.59 Å². The molecular weight excluding hydrogens is 400 g/mol. The Morgan fingerprint density at radius 3 is 2.77 bits per heavy atom. The van der Waals surface area contributed by atoms with Gasteiger partial charge in [-0.1, -0.05) is 41.9 Å². The summed E-state index contributed by atoms with van der Waals surface area (Å²) in [7, 11) is 0. The van der Waals surface area contributed by atoms with Crippen LogP contribution < -0.4 is 5.56 Å². The smallest absolute Gasteiger partial charge is 0.270 e. The van der Waals surface area contributed by atoms with Crippen molar-refractivity contribution in [2.45, 2.75) is 19.5 Å². The number of benzene rings is 2. The van der Waals surface area contributed by atoms with Crippen LogP contribution in [0.4, 0.5) is 0 Å². The number of carbonyl (C=O) groups is 1. The maximum Gasteiger partial charge on any atom is 0.270 e. The van der Waals surface area contributed by atoms with Crippen molar-refractivity contribution in [3.05, 3.63) is 98.6 Å². The van der Waals surface area contributed by atoms with Crippen molar-refractivity contribution in [3.8, 4) is 0 Å². The largest absolute Gasteiger partial charge is 0.351 e. The maximum absolute atomic E-state index is 13.0. The van der Waals surface area contributed by atoms with Gasteiger partial charge in [-0.2, -0.15) is 5.10 Å². The van der Waals surface area contributed by atoms with Gasteiger partial charge >= 0.3 is 0 Å². The summed E-state index contributed by atoms with van der Waals surface area (Å²) in [5.74, 6) is -0.0959. The molecule has 0 saturated heterocycles. The second-order valence-corrected chi connectivity index (χ2v) is 7.93. The zero-order valence-corrected chi connectivity index (χ0v) is 16.9. The molecule has 0 saturated carbocycles. The van der Waals surface area contributed by atoms with Gasteiger partial charge in [-0.25, -0.2) is 4.68 Å². The van der Waals surface area contributed by atoms with Crippen LogP contribution in [0.25, 0.3) is 10.9 Å². The van der Waals surface area contributed by atoms with E-state index >= 15 is 0 Å². The van der Waals surface area contributed by atoms with Gasteiger partial charge in [0.25, 0.3) is 11.5 Å². The fraction of sp³-hybridized carbons (Fsp3) is 0.174. The molecular formula is C23H19ClN4O2. The van der Waals surface area contributed by atoms with Crippen LogP contribution in [-0.4, -0.2) is 32.1 Å². The summed E-state index contributed by atoms with van der Waals surface area (Å²) in [5, 5.41) is 6.09. The minimum Gasteiger partial charge on any atom is -0.351 e. The molecule has 2 aromatic heterocycles. The van der Waals surface area contributed by atoms with Crippen LogP contribution >= 0.6 is 11.6 Å². The van der Waals surface area contributed by atoms with Crippen LogP contribution in [-0.2, 0) is 19.5 Å². The van der Waals surface area contributed by atoms with Crippen molar-refractivity contribution in [2.24, 2.45) is 0 Å². The number of amides is 1. The molecule has 0 spiro atoms. The summed E-state index contributed by atoms with van der Waals surface area (Å²) >= 11 is 6.04. The maximum atomic E-state index is 13.0. The number of H-pyrrole nitrogens is 1. The van der Waals surface area contributed by atoms with Crippen LogP contribution in [0.5, 0.6) is 0 Å². The highest BCUT2D eigenvalue weighted by atomic mass is 35.5. The number of carbonyl (C=O) groups excluding carboxylic acids is 1. The third-order valence-electron chi connectivity index (χ3n) is 5.42. The second-order valence-electron chi connectivity index (χ2n) is 7.49. The number of aromatic amines is 1. The molecule has 0 unspecified atom stereocenters. The summed E-state index contributed by atoms with van der Waals surface area (Å²) in [6.45, 7) is 1.37. The highest BCUT2D eigenvalue weighted by Crippen LogP contribution is 2.23. The lowest BCUT2D eigenvalue weighted by atomic mass is 10.1. The molecule has 0 fully saturated rings. The number of rotatable bonds is 3. The molecule has 1 N–H and O–H groups in total. The van der Waals surface area contributed by atoms with Crippen molar-refractivity contribution in [1.29, 1.82) is 0 Å². The van der Waals surface area contributed by atoms with E-state index in [1.54, 1.807) is 17.0 Å². The molecule has 1 aliphatic rings. The van der Waals surface area contributed by atoms with Crippen molar-refractivity contribution < 1.29 is 4.79 Å². The molecule has 1 aliphatic heterocycles. The summed E-state index contributed by atoms with van der Waals surface area (Å²) < 4.78 is 1.49. The van der Waals surface area contributed by atoms with Crippen LogP contribution in [0.15, 0.2) is 65.5 Å². The topological polar surface area (TPSA) is 71.0 Å². The van der Waals surface area contributed by atoms with E-state index in [1.165, 1.54) is 4.68 Å². The zero-order valence-electron chi connectivity index (χ0n) is 16.1. The van der Waals surface area contributed by atoms with Gasteiger partial charge in [-0.15, -0.1) is 0 Å². The molecule has 0 aliphatic carbocycles. The number of fused-ring (bicyclic) bond motifs is 2. The number of halogens is 1. The SMILES string of the molecule is O=C(c1cc2cc(Cl)ccc2[nH]1)N1CCc2nn(Cc3ccccc3)c(=O)cc2C1. The molecule has 4 aromatic rings. The third kappa shape index (κ3) is 3.50.